The zero-order chi connectivity index (χ0) is 29.1. The van der Waals surface area contributed by atoms with Gasteiger partial charge in [0.25, 0.3) is 5.91 Å². The van der Waals surface area contributed by atoms with Crippen LogP contribution in [0.25, 0.3) is 0 Å². The molecule has 5 rings (SSSR count). The van der Waals surface area contributed by atoms with Gasteiger partial charge in [-0.25, -0.2) is 17.2 Å². The molecule has 3 aromatic carbocycles. The standard InChI is InChI=1S/C30H33ClF2N4O3S/c1-34-14-12-27(13-15-34)37(21-22-2-5-24(32)6-3-22)30(38)23-4-11-28(31)29(20-23)41(39,40)36-18-16-35(17-19-36)26-9-7-25(33)8-10-26/h2-11,20,27H,12-19,21H2,1H3. The summed E-state index contributed by atoms with van der Waals surface area (Å²) in [5, 5.41) is 0.0480. The summed E-state index contributed by atoms with van der Waals surface area (Å²) in [5.74, 6) is -0.971. The van der Waals surface area contributed by atoms with Crippen molar-refractivity contribution in [2.45, 2.75) is 30.3 Å². The molecular formula is C30H33ClF2N4O3S. The van der Waals surface area contributed by atoms with Crippen molar-refractivity contribution >= 4 is 33.2 Å². The van der Waals surface area contributed by atoms with Crippen LogP contribution in [0.15, 0.2) is 71.6 Å². The molecule has 0 saturated carbocycles. The number of halogens is 3. The van der Waals surface area contributed by atoms with E-state index in [-0.39, 0.29) is 58.7 Å². The third kappa shape index (κ3) is 6.72. The second kappa shape index (κ2) is 12.4. The SMILES string of the molecule is CN1CCC(N(Cc2ccc(F)cc2)C(=O)c2ccc(Cl)c(S(=O)(=O)N3CCN(c4ccc(F)cc4)CC3)c2)CC1. The van der Waals surface area contributed by atoms with E-state index < -0.39 is 10.0 Å². The lowest BCUT2D eigenvalue weighted by atomic mass is 10.0. The van der Waals surface area contributed by atoms with Crippen molar-refractivity contribution in [2.75, 3.05) is 51.2 Å². The van der Waals surface area contributed by atoms with Crippen LogP contribution in [0.4, 0.5) is 14.5 Å². The van der Waals surface area contributed by atoms with E-state index in [9.17, 15) is 22.0 Å². The summed E-state index contributed by atoms with van der Waals surface area (Å²) in [7, 11) is -1.95. The first-order chi connectivity index (χ1) is 19.6. The minimum Gasteiger partial charge on any atom is -0.369 e. The van der Waals surface area contributed by atoms with Gasteiger partial charge in [-0.2, -0.15) is 4.31 Å². The first-order valence-electron chi connectivity index (χ1n) is 13.7. The second-order valence-corrected chi connectivity index (χ2v) is 12.9. The van der Waals surface area contributed by atoms with E-state index in [0.717, 1.165) is 37.2 Å². The van der Waals surface area contributed by atoms with Crippen LogP contribution >= 0.6 is 11.6 Å². The quantitative estimate of drug-likeness (QED) is 0.386. The Morgan fingerprint density at radius 2 is 1.46 bits per heavy atom. The number of piperidine rings is 1. The van der Waals surface area contributed by atoms with E-state index in [1.165, 1.54) is 40.7 Å². The van der Waals surface area contributed by atoms with Gasteiger partial charge in [0.1, 0.15) is 16.5 Å². The summed E-state index contributed by atoms with van der Waals surface area (Å²) >= 11 is 6.42. The summed E-state index contributed by atoms with van der Waals surface area (Å²) in [6.45, 7) is 3.26. The van der Waals surface area contributed by atoms with Crippen LogP contribution < -0.4 is 4.90 Å². The van der Waals surface area contributed by atoms with Gasteiger partial charge < -0.3 is 14.7 Å². The smallest absolute Gasteiger partial charge is 0.254 e. The Morgan fingerprint density at radius 1 is 0.878 bits per heavy atom. The topological polar surface area (TPSA) is 64.2 Å². The monoisotopic (exact) mass is 602 g/mol. The fraction of sp³-hybridized carbons (Fsp3) is 0.367. The van der Waals surface area contributed by atoms with Crippen molar-refractivity contribution in [1.29, 1.82) is 0 Å². The van der Waals surface area contributed by atoms with E-state index in [0.29, 0.717) is 13.1 Å². The Labute approximate surface area is 245 Å². The molecule has 1 amide bonds. The number of benzene rings is 3. The number of sulfonamides is 1. The van der Waals surface area contributed by atoms with Gasteiger partial charge in [-0.15, -0.1) is 0 Å². The highest BCUT2D eigenvalue weighted by Crippen LogP contribution is 2.29. The Bertz CT molecular complexity index is 1470. The number of anilines is 1. The number of hydrogen-bond acceptors (Lipinski definition) is 5. The number of carbonyl (C=O) groups excluding carboxylic acids is 1. The average molecular weight is 603 g/mol. The molecular weight excluding hydrogens is 570 g/mol. The van der Waals surface area contributed by atoms with Gasteiger partial charge in [-0.3, -0.25) is 4.79 Å². The van der Waals surface area contributed by atoms with E-state index >= 15 is 0 Å². The fourth-order valence-corrected chi connectivity index (χ4v) is 7.36. The third-order valence-corrected chi connectivity index (χ3v) is 10.3. The summed E-state index contributed by atoms with van der Waals surface area (Å²) in [6.07, 6.45) is 1.56. The molecule has 0 unspecified atom stereocenters. The van der Waals surface area contributed by atoms with Gasteiger partial charge in [0.05, 0.1) is 5.02 Å². The number of piperazine rings is 1. The largest absolute Gasteiger partial charge is 0.369 e. The molecule has 0 atom stereocenters. The Hall–Kier alpha value is -3.05. The average Bonchev–Trinajstić information content (AvgIpc) is 2.98. The Balaban J connectivity index is 1.37. The van der Waals surface area contributed by atoms with Crippen LogP contribution in [0.5, 0.6) is 0 Å². The van der Waals surface area contributed by atoms with Crippen LogP contribution in [0.2, 0.25) is 5.02 Å². The summed E-state index contributed by atoms with van der Waals surface area (Å²) in [5.41, 5.74) is 1.85. The van der Waals surface area contributed by atoms with E-state index in [1.54, 1.807) is 35.2 Å². The molecule has 218 valence electrons. The number of nitrogens with zero attached hydrogens (tertiary/aromatic N) is 4. The lowest BCUT2D eigenvalue weighted by molar-refractivity contribution is 0.0569. The molecule has 0 bridgehead atoms. The van der Waals surface area contributed by atoms with Crippen molar-refractivity contribution in [3.05, 3.63) is 94.5 Å². The predicted molar refractivity (Wildman–Crippen MR) is 156 cm³/mol. The highest BCUT2D eigenvalue weighted by atomic mass is 35.5. The normalized spacial score (nSPS) is 17.5. The maximum absolute atomic E-state index is 13.9. The van der Waals surface area contributed by atoms with Crippen LogP contribution in [-0.4, -0.2) is 80.8 Å². The molecule has 0 aliphatic carbocycles. The van der Waals surface area contributed by atoms with Crippen molar-refractivity contribution in [1.82, 2.24) is 14.1 Å². The van der Waals surface area contributed by atoms with Crippen molar-refractivity contribution in [3.8, 4) is 0 Å². The maximum atomic E-state index is 13.9. The number of amides is 1. The number of hydrogen-bond donors (Lipinski definition) is 0. The van der Waals surface area contributed by atoms with Crippen molar-refractivity contribution in [3.63, 3.8) is 0 Å². The molecule has 2 fully saturated rings. The van der Waals surface area contributed by atoms with Gasteiger partial charge in [0, 0.05) is 50.0 Å². The number of carbonyl (C=O) groups is 1. The summed E-state index contributed by atoms with van der Waals surface area (Å²) in [4.78, 5) is 19.8. The molecule has 41 heavy (non-hydrogen) atoms. The molecule has 7 nitrogen and oxygen atoms in total. The first kappa shape index (κ1) is 29.4. The fourth-order valence-electron chi connectivity index (χ4n) is 5.44. The van der Waals surface area contributed by atoms with E-state index in [1.807, 2.05) is 11.9 Å². The summed E-state index contributed by atoms with van der Waals surface area (Å²) in [6, 6.07) is 16.5. The molecule has 0 radical (unpaired) electrons. The van der Waals surface area contributed by atoms with Crippen LogP contribution in [0, 0.1) is 11.6 Å². The molecule has 3 aromatic rings. The third-order valence-electron chi connectivity index (χ3n) is 7.88. The zero-order valence-corrected chi connectivity index (χ0v) is 24.4. The van der Waals surface area contributed by atoms with Gasteiger partial charge >= 0.3 is 0 Å². The summed E-state index contributed by atoms with van der Waals surface area (Å²) < 4.78 is 55.6. The molecule has 0 N–H and O–H groups in total. The molecule has 11 heteroatoms. The van der Waals surface area contributed by atoms with Crippen molar-refractivity contribution < 1.29 is 22.0 Å². The molecule has 2 saturated heterocycles. The molecule has 2 heterocycles. The van der Waals surface area contributed by atoms with Crippen LogP contribution in [0.1, 0.15) is 28.8 Å². The minimum atomic E-state index is -3.99. The first-order valence-corrected chi connectivity index (χ1v) is 15.5. The van der Waals surface area contributed by atoms with Gasteiger partial charge in [0.15, 0.2) is 0 Å². The molecule has 2 aliphatic heterocycles. The lowest BCUT2D eigenvalue weighted by Gasteiger charge is -2.37. The predicted octanol–water partition coefficient (Wildman–Crippen LogP) is 4.87. The second-order valence-electron chi connectivity index (χ2n) is 10.6. The van der Waals surface area contributed by atoms with Gasteiger partial charge in [-0.1, -0.05) is 23.7 Å². The van der Waals surface area contributed by atoms with E-state index in [4.69, 9.17) is 11.6 Å². The van der Waals surface area contributed by atoms with Crippen LogP contribution in [0.3, 0.4) is 0 Å². The highest BCUT2D eigenvalue weighted by Gasteiger charge is 2.33. The molecule has 0 spiro atoms. The van der Waals surface area contributed by atoms with E-state index in [2.05, 4.69) is 4.90 Å². The maximum Gasteiger partial charge on any atom is 0.254 e. The van der Waals surface area contributed by atoms with Gasteiger partial charge in [-0.05, 0) is 93.1 Å². The van der Waals surface area contributed by atoms with Crippen molar-refractivity contribution in [2.24, 2.45) is 0 Å². The molecule has 2 aliphatic rings. The Morgan fingerprint density at radius 3 is 2.07 bits per heavy atom. The van der Waals surface area contributed by atoms with Gasteiger partial charge in [0.2, 0.25) is 10.0 Å². The minimum absolute atomic E-state index is 0.0426. The van der Waals surface area contributed by atoms with Crippen LogP contribution in [-0.2, 0) is 16.6 Å². The number of rotatable bonds is 7. The highest BCUT2D eigenvalue weighted by molar-refractivity contribution is 7.89. The lowest BCUT2D eigenvalue weighted by Crippen LogP contribution is -2.48. The number of likely N-dealkylation sites (tertiary alicyclic amines) is 1. The zero-order valence-electron chi connectivity index (χ0n) is 22.8. The Kier molecular flexibility index (Phi) is 8.94. The molecule has 0 aromatic heterocycles.